The van der Waals surface area contributed by atoms with Gasteiger partial charge < -0.3 is 9.64 Å². The van der Waals surface area contributed by atoms with E-state index in [9.17, 15) is 4.79 Å². The minimum absolute atomic E-state index is 0.00161. The lowest BCUT2D eigenvalue weighted by molar-refractivity contribution is -0.127. The molecule has 0 saturated carbocycles. The van der Waals surface area contributed by atoms with Gasteiger partial charge in [-0.3, -0.25) is 9.36 Å². The van der Waals surface area contributed by atoms with Gasteiger partial charge in [-0.2, -0.15) is 5.10 Å². The molecule has 4 aromatic rings. The molecule has 0 spiro atoms. The summed E-state index contributed by atoms with van der Waals surface area (Å²) >= 11 is 1.35. The van der Waals surface area contributed by atoms with E-state index in [0.29, 0.717) is 11.7 Å². The van der Waals surface area contributed by atoms with Crippen LogP contribution in [0.3, 0.4) is 0 Å². The van der Waals surface area contributed by atoms with E-state index in [4.69, 9.17) is 4.74 Å². The Morgan fingerprint density at radius 2 is 1.87 bits per heavy atom. The van der Waals surface area contributed by atoms with Crippen molar-refractivity contribution in [3.8, 4) is 17.1 Å². The fourth-order valence-electron chi connectivity index (χ4n) is 3.00. The number of para-hydroxylation sites is 1. The van der Waals surface area contributed by atoms with Gasteiger partial charge in [-0.25, -0.2) is 4.68 Å². The fraction of sp³-hybridized carbons (Fsp3) is 0.182. The van der Waals surface area contributed by atoms with Crippen molar-refractivity contribution in [2.75, 3.05) is 19.9 Å². The summed E-state index contributed by atoms with van der Waals surface area (Å²) in [5.74, 6) is 1.04. The number of thioether (sulfide) groups is 1. The van der Waals surface area contributed by atoms with Crippen LogP contribution in [-0.2, 0) is 11.3 Å². The Bertz CT molecular complexity index is 1140. The largest absolute Gasteiger partial charge is 0.497 e. The molecule has 158 valence electrons. The van der Waals surface area contributed by atoms with Gasteiger partial charge in [-0.15, -0.1) is 10.2 Å². The van der Waals surface area contributed by atoms with Crippen LogP contribution in [0.2, 0.25) is 0 Å². The van der Waals surface area contributed by atoms with Crippen LogP contribution in [0.1, 0.15) is 5.56 Å². The molecule has 9 heteroatoms. The minimum Gasteiger partial charge on any atom is -0.497 e. The molecule has 0 aliphatic heterocycles. The predicted octanol–water partition coefficient (Wildman–Crippen LogP) is 3.21. The van der Waals surface area contributed by atoms with Gasteiger partial charge in [-0.1, -0.05) is 30.0 Å². The van der Waals surface area contributed by atoms with E-state index in [1.807, 2.05) is 65.4 Å². The zero-order valence-corrected chi connectivity index (χ0v) is 18.1. The zero-order chi connectivity index (χ0) is 21.6. The van der Waals surface area contributed by atoms with Crippen molar-refractivity contribution in [3.05, 3.63) is 78.9 Å². The first-order valence-corrected chi connectivity index (χ1v) is 10.6. The second-order valence-electron chi connectivity index (χ2n) is 6.85. The maximum Gasteiger partial charge on any atom is 0.233 e. The monoisotopic (exact) mass is 434 g/mol. The molecule has 0 saturated heterocycles. The summed E-state index contributed by atoms with van der Waals surface area (Å²) in [6, 6.07) is 17.5. The number of methoxy groups -OCH3 is 1. The Labute approximate surface area is 184 Å². The predicted molar refractivity (Wildman–Crippen MR) is 119 cm³/mol. The standard InChI is InChI=1S/C22H22N6O2S/c1-26(13-17-12-24-28(14-17)19-6-4-3-5-7-19)21(29)15-31-22-25-23-16-27(22)18-8-10-20(30-2)11-9-18/h3-12,14,16H,13,15H2,1-2H3. The molecule has 4 rings (SSSR count). The van der Waals surface area contributed by atoms with Crippen LogP contribution in [0.4, 0.5) is 0 Å². The summed E-state index contributed by atoms with van der Waals surface area (Å²) < 4.78 is 8.85. The van der Waals surface area contributed by atoms with Crippen molar-refractivity contribution in [2.24, 2.45) is 0 Å². The van der Waals surface area contributed by atoms with E-state index in [1.165, 1.54) is 11.8 Å². The van der Waals surface area contributed by atoms with E-state index in [2.05, 4.69) is 15.3 Å². The molecule has 2 aromatic carbocycles. The number of amides is 1. The highest BCUT2D eigenvalue weighted by molar-refractivity contribution is 7.99. The average Bonchev–Trinajstić information content (AvgIpc) is 3.48. The Kier molecular flexibility index (Phi) is 6.32. The molecular formula is C22H22N6O2S. The molecule has 1 amide bonds. The second kappa shape index (κ2) is 9.48. The van der Waals surface area contributed by atoms with Crippen LogP contribution in [0.15, 0.2) is 78.5 Å². The number of ether oxygens (including phenoxy) is 1. The second-order valence-corrected chi connectivity index (χ2v) is 7.79. The lowest BCUT2D eigenvalue weighted by Gasteiger charge is -2.16. The SMILES string of the molecule is COc1ccc(-n2cnnc2SCC(=O)N(C)Cc2cnn(-c3ccccc3)c2)cc1. The number of nitrogens with zero attached hydrogens (tertiary/aromatic N) is 6. The van der Waals surface area contributed by atoms with Crippen LogP contribution in [0.5, 0.6) is 5.75 Å². The van der Waals surface area contributed by atoms with E-state index in [-0.39, 0.29) is 11.7 Å². The average molecular weight is 435 g/mol. The Morgan fingerprint density at radius 1 is 1.10 bits per heavy atom. The molecule has 0 radical (unpaired) electrons. The summed E-state index contributed by atoms with van der Waals surface area (Å²) in [7, 11) is 3.42. The Balaban J connectivity index is 1.35. The summed E-state index contributed by atoms with van der Waals surface area (Å²) in [5, 5.41) is 13.2. The van der Waals surface area contributed by atoms with Gasteiger partial charge in [0.1, 0.15) is 12.1 Å². The number of aromatic nitrogens is 5. The summed E-state index contributed by atoms with van der Waals surface area (Å²) in [6.45, 7) is 0.484. The maximum absolute atomic E-state index is 12.7. The highest BCUT2D eigenvalue weighted by Crippen LogP contribution is 2.22. The molecule has 0 fully saturated rings. The number of benzene rings is 2. The first kappa shape index (κ1) is 20.7. The Morgan fingerprint density at radius 3 is 2.61 bits per heavy atom. The van der Waals surface area contributed by atoms with E-state index in [0.717, 1.165) is 22.7 Å². The summed E-state index contributed by atoms with van der Waals surface area (Å²) in [4.78, 5) is 14.3. The van der Waals surface area contributed by atoms with Gasteiger partial charge in [0, 0.05) is 31.0 Å². The number of rotatable bonds is 8. The third kappa shape index (κ3) is 4.95. The number of carbonyl (C=O) groups is 1. The van der Waals surface area contributed by atoms with Gasteiger partial charge in [0.25, 0.3) is 0 Å². The van der Waals surface area contributed by atoms with E-state index in [1.54, 1.807) is 36.3 Å². The number of hydrogen-bond donors (Lipinski definition) is 0. The lowest BCUT2D eigenvalue weighted by Crippen LogP contribution is -2.27. The molecule has 8 nitrogen and oxygen atoms in total. The molecule has 2 aromatic heterocycles. The van der Waals surface area contributed by atoms with Crippen LogP contribution in [0.25, 0.3) is 11.4 Å². The smallest absolute Gasteiger partial charge is 0.233 e. The van der Waals surface area contributed by atoms with Crippen LogP contribution >= 0.6 is 11.8 Å². The summed E-state index contributed by atoms with van der Waals surface area (Å²) in [6.07, 6.45) is 5.35. The lowest BCUT2D eigenvalue weighted by atomic mass is 10.3. The first-order chi connectivity index (χ1) is 15.1. The van der Waals surface area contributed by atoms with Gasteiger partial charge in [0.15, 0.2) is 5.16 Å². The third-order valence-electron chi connectivity index (χ3n) is 4.69. The molecule has 0 unspecified atom stereocenters. The van der Waals surface area contributed by atoms with Crippen molar-refractivity contribution in [1.29, 1.82) is 0 Å². The van der Waals surface area contributed by atoms with Gasteiger partial charge in [0.2, 0.25) is 5.91 Å². The zero-order valence-electron chi connectivity index (χ0n) is 17.3. The van der Waals surface area contributed by atoms with Gasteiger partial charge in [0.05, 0.1) is 24.7 Å². The van der Waals surface area contributed by atoms with Crippen molar-refractivity contribution < 1.29 is 9.53 Å². The van der Waals surface area contributed by atoms with Crippen molar-refractivity contribution in [2.45, 2.75) is 11.7 Å². The van der Waals surface area contributed by atoms with Crippen molar-refractivity contribution in [1.82, 2.24) is 29.4 Å². The molecule has 0 atom stereocenters. The highest BCUT2D eigenvalue weighted by atomic mass is 32.2. The molecule has 0 aliphatic carbocycles. The van der Waals surface area contributed by atoms with Gasteiger partial charge >= 0.3 is 0 Å². The molecule has 0 N–H and O–H groups in total. The molecule has 31 heavy (non-hydrogen) atoms. The van der Waals surface area contributed by atoms with E-state index >= 15 is 0 Å². The van der Waals surface area contributed by atoms with Crippen LogP contribution < -0.4 is 4.74 Å². The van der Waals surface area contributed by atoms with E-state index < -0.39 is 0 Å². The normalized spacial score (nSPS) is 10.8. The van der Waals surface area contributed by atoms with Crippen molar-refractivity contribution in [3.63, 3.8) is 0 Å². The number of hydrogen-bond acceptors (Lipinski definition) is 6. The van der Waals surface area contributed by atoms with Crippen molar-refractivity contribution >= 4 is 17.7 Å². The fourth-order valence-corrected chi connectivity index (χ4v) is 3.87. The highest BCUT2D eigenvalue weighted by Gasteiger charge is 2.14. The number of carbonyl (C=O) groups excluding carboxylic acids is 1. The maximum atomic E-state index is 12.7. The first-order valence-electron chi connectivity index (χ1n) is 9.64. The van der Waals surface area contributed by atoms with Crippen LogP contribution in [0, 0.1) is 0 Å². The molecule has 2 heterocycles. The molecule has 0 bridgehead atoms. The van der Waals surface area contributed by atoms with Gasteiger partial charge in [-0.05, 0) is 36.4 Å². The Hall–Kier alpha value is -3.59. The van der Waals surface area contributed by atoms with Crippen LogP contribution in [-0.4, -0.2) is 55.3 Å². The topological polar surface area (TPSA) is 78.1 Å². The third-order valence-corrected chi connectivity index (χ3v) is 5.62. The molecule has 0 aliphatic rings. The quantitative estimate of drug-likeness (QED) is 0.396. The molecular weight excluding hydrogens is 412 g/mol. The summed E-state index contributed by atoms with van der Waals surface area (Å²) in [5.41, 5.74) is 2.85. The minimum atomic E-state index is 0.00161.